The van der Waals surface area contributed by atoms with E-state index >= 15 is 0 Å². The van der Waals surface area contributed by atoms with Gasteiger partial charge in [-0.25, -0.2) is 8.78 Å². The lowest BCUT2D eigenvalue weighted by Crippen LogP contribution is -2.24. The number of nitrogens with one attached hydrogen (secondary N) is 1. The largest absolute Gasteiger partial charge is 0.469 e. The SMILES string of the molecule is CCNC(Cc1cccc(F)c1F)c1ccoc1CC. The molecule has 0 spiro atoms. The number of likely N-dealkylation sites (N-methyl/N-ethyl adjacent to an activating group) is 1. The van der Waals surface area contributed by atoms with Gasteiger partial charge < -0.3 is 9.73 Å². The van der Waals surface area contributed by atoms with Crippen LogP contribution < -0.4 is 5.32 Å². The van der Waals surface area contributed by atoms with Crippen LogP contribution in [0.5, 0.6) is 0 Å². The zero-order chi connectivity index (χ0) is 14.5. The van der Waals surface area contributed by atoms with Gasteiger partial charge in [0.1, 0.15) is 5.76 Å². The van der Waals surface area contributed by atoms with Gasteiger partial charge in [-0.15, -0.1) is 0 Å². The van der Waals surface area contributed by atoms with E-state index in [1.54, 1.807) is 12.3 Å². The van der Waals surface area contributed by atoms with E-state index in [4.69, 9.17) is 4.42 Å². The molecule has 0 bridgehead atoms. The predicted molar refractivity (Wildman–Crippen MR) is 74.6 cm³/mol. The Bertz CT molecular complexity index is 565. The zero-order valence-corrected chi connectivity index (χ0v) is 11.7. The summed E-state index contributed by atoms with van der Waals surface area (Å²) in [7, 11) is 0. The summed E-state index contributed by atoms with van der Waals surface area (Å²) in [6, 6.07) is 6.10. The summed E-state index contributed by atoms with van der Waals surface area (Å²) >= 11 is 0. The molecule has 2 aromatic rings. The first-order chi connectivity index (χ1) is 9.67. The molecule has 0 radical (unpaired) electrons. The van der Waals surface area contributed by atoms with E-state index in [0.717, 1.165) is 30.4 Å². The summed E-state index contributed by atoms with van der Waals surface area (Å²) in [5.41, 5.74) is 1.39. The van der Waals surface area contributed by atoms with Crippen LogP contribution in [0.3, 0.4) is 0 Å². The van der Waals surface area contributed by atoms with Crippen LogP contribution in [0, 0.1) is 11.6 Å². The van der Waals surface area contributed by atoms with Crippen molar-refractivity contribution in [3.05, 3.63) is 59.1 Å². The minimum absolute atomic E-state index is 0.0787. The second-order valence-electron chi connectivity index (χ2n) is 4.68. The first-order valence-corrected chi connectivity index (χ1v) is 6.89. The quantitative estimate of drug-likeness (QED) is 0.864. The fourth-order valence-electron chi connectivity index (χ4n) is 2.41. The van der Waals surface area contributed by atoms with Gasteiger partial charge in [-0.1, -0.05) is 26.0 Å². The monoisotopic (exact) mass is 279 g/mol. The Morgan fingerprint density at radius 3 is 2.70 bits per heavy atom. The average Bonchev–Trinajstić information content (AvgIpc) is 2.91. The van der Waals surface area contributed by atoms with E-state index in [1.807, 2.05) is 19.9 Å². The van der Waals surface area contributed by atoms with E-state index in [-0.39, 0.29) is 6.04 Å². The predicted octanol–water partition coefficient (Wildman–Crippen LogP) is 4.01. The highest BCUT2D eigenvalue weighted by Crippen LogP contribution is 2.25. The molecule has 1 unspecified atom stereocenters. The molecule has 1 N–H and O–H groups in total. The smallest absolute Gasteiger partial charge is 0.162 e. The van der Waals surface area contributed by atoms with E-state index in [0.29, 0.717) is 12.0 Å². The highest BCUT2D eigenvalue weighted by molar-refractivity contribution is 5.27. The molecule has 1 aromatic carbocycles. The van der Waals surface area contributed by atoms with Crippen molar-refractivity contribution in [2.45, 2.75) is 32.7 Å². The van der Waals surface area contributed by atoms with Crippen LogP contribution in [0.1, 0.15) is 36.8 Å². The van der Waals surface area contributed by atoms with Gasteiger partial charge in [0.05, 0.1) is 6.26 Å². The first kappa shape index (κ1) is 14.7. The van der Waals surface area contributed by atoms with E-state index in [2.05, 4.69) is 5.32 Å². The van der Waals surface area contributed by atoms with Gasteiger partial charge in [0.25, 0.3) is 0 Å². The fourth-order valence-corrected chi connectivity index (χ4v) is 2.41. The summed E-state index contributed by atoms with van der Waals surface area (Å²) in [6.45, 7) is 4.74. The Balaban J connectivity index is 2.28. The number of hydrogen-bond donors (Lipinski definition) is 1. The zero-order valence-electron chi connectivity index (χ0n) is 11.7. The van der Waals surface area contributed by atoms with E-state index < -0.39 is 11.6 Å². The molecule has 1 atom stereocenters. The molecule has 0 amide bonds. The number of furan rings is 1. The number of hydrogen-bond acceptors (Lipinski definition) is 2. The Morgan fingerprint density at radius 2 is 2.00 bits per heavy atom. The molecule has 0 aliphatic rings. The van der Waals surface area contributed by atoms with Crippen LogP contribution in [0.2, 0.25) is 0 Å². The molecule has 2 rings (SSSR count). The first-order valence-electron chi connectivity index (χ1n) is 6.89. The molecule has 2 nitrogen and oxygen atoms in total. The third-order valence-electron chi connectivity index (χ3n) is 3.38. The van der Waals surface area contributed by atoms with Gasteiger partial charge in [0, 0.05) is 18.0 Å². The highest BCUT2D eigenvalue weighted by atomic mass is 19.2. The minimum Gasteiger partial charge on any atom is -0.469 e. The maximum Gasteiger partial charge on any atom is 0.162 e. The topological polar surface area (TPSA) is 25.2 Å². The third kappa shape index (κ3) is 3.07. The van der Waals surface area contributed by atoms with Crippen LogP contribution in [-0.4, -0.2) is 6.54 Å². The van der Waals surface area contributed by atoms with Crippen molar-refractivity contribution in [3.8, 4) is 0 Å². The van der Waals surface area contributed by atoms with Gasteiger partial charge in [-0.2, -0.15) is 0 Å². The second-order valence-corrected chi connectivity index (χ2v) is 4.68. The van der Waals surface area contributed by atoms with Gasteiger partial charge in [0.2, 0.25) is 0 Å². The maximum absolute atomic E-state index is 13.8. The molecule has 20 heavy (non-hydrogen) atoms. The van der Waals surface area contributed by atoms with Gasteiger partial charge in [-0.05, 0) is 30.7 Å². The van der Waals surface area contributed by atoms with Crippen molar-refractivity contribution in [2.75, 3.05) is 6.54 Å². The highest BCUT2D eigenvalue weighted by Gasteiger charge is 2.19. The normalized spacial score (nSPS) is 12.6. The maximum atomic E-state index is 13.8. The van der Waals surface area contributed by atoms with Crippen molar-refractivity contribution in [2.24, 2.45) is 0 Å². The summed E-state index contributed by atoms with van der Waals surface area (Å²) in [5.74, 6) is -0.689. The summed E-state index contributed by atoms with van der Waals surface area (Å²) in [4.78, 5) is 0. The number of aryl methyl sites for hydroxylation is 1. The van der Waals surface area contributed by atoms with Crippen LogP contribution in [-0.2, 0) is 12.8 Å². The minimum atomic E-state index is -0.805. The lowest BCUT2D eigenvalue weighted by Gasteiger charge is -2.18. The number of halogens is 2. The molecule has 0 saturated heterocycles. The van der Waals surface area contributed by atoms with Crippen LogP contribution in [0.4, 0.5) is 8.78 Å². The standard InChI is InChI=1S/C16H19F2NO/c1-3-15-12(8-9-20-15)14(19-4-2)10-11-6-5-7-13(17)16(11)18/h5-9,14,19H,3-4,10H2,1-2H3. The Morgan fingerprint density at radius 1 is 1.20 bits per heavy atom. The third-order valence-corrected chi connectivity index (χ3v) is 3.38. The fraction of sp³-hybridized carbons (Fsp3) is 0.375. The van der Waals surface area contributed by atoms with E-state index in [9.17, 15) is 8.78 Å². The number of benzene rings is 1. The van der Waals surface area contributed by atoms with Gasteiger partial charge >= 0.3 is 0 Å². The summed E-state index contributed by atoms with van der Waals surface area (Å²) in [5, 5.41) is 3.31. The molecular formula is C16H19F2NO. The van der Waals surface area contributed by atoms with Crippen molar-refractivity contribution >= 4 is 0 Å². The molecule has 108 valence electrons. The van der Waals surface area contributed by atoms with Gasteiger partial charge in [0.15, 0.2) is 11.6 Å². The Kier molecular flexibility index (Phi) is 4.90. The van der Waals surface area contributed by atoms with Crippen LogP contribution >= 0.6 is 0 Å². The molecular weight excluding hydrogens is 260 g/mol. The second kappa shape index (κ2) is 6.66. The van der Waals surface area contributed by atoms with Crippen LogP contribution in [0.15, 0.2) is 34.9 Å². The molecule has 0 aliphatic carbocycles. The molecule has 1 aromatic heterocycles. The Labute approximate surface area is 117 Å². The summed E-state index contributed by atoms with van der Waals surface area (Å²) < 4.78 is 32.5. The van der Waals surface area contributed by atoms with Crippen molar-refractivity contribution in [1.29, 1.82) is 0 Å². The molecule has 0 aliphatic heterocycles. The van der Waals surface area contributed by atoms with Gasteiger partial charge in [-0.3, -0.25) is 0 Å². The van der Waals surface area contributed by atoms with E-state index in [1.165, 1.54) is 6.07 Å². The average molecular weight is 279 g/mol. The molecule has 1 heterocycles. The molecule has 0 fully saturated rings. The lowest BCUT2D eigenvalue weighted by atomic mass is 9.98. The molecule has 0 saturated carbocycles. The lowest BCUT2D eigenvalue weighted by molar-refractivity contribution is 0.469. The summed E-state index contributed by atoms with van der Waals surface area (Å²) in [6.07, 6.45) is 2.81. The van der Waals surface area contributed by atoms with Crippen molar-refractivity contribution in [3.63, 3.8) is 0 Å². The molecule has 4 heteroatoms. The van der Waals surface area contributed by atoms with Crippen molar-refractivity contribution in [1.82, 2.24) is 5.32 Å². The van der Waals surface area contributed by atoms with Crippen molar-refractivity contribution < 1.29 is 13.2 Å². The number of rotatable bonds is 6. The van der Waals surface area contributed by atoms with Crippen LogP contribution in [0.25, 0.3) is 0 Å². The Hall–Kier alpha value is -1.68.